The summed E-state index contributed by atoms with van der Waals surface area (Å²) in [5.41, 5.74) is 3.61. The van der Waals surface area contributed by atoms with Crippen molar-refractivity contribution in [3.05, 3.63) is 53.6 Å². The van der Waals surface area contributed by atoms with Gasteiger partial charge in [0.1, 0.15) is 15.9 Å². The van der Waals surface area contributed by atoms with Crippen LogP contribution in [-0.4, -0.2) is 44.7 Å². The van der Waals surface area contributed by atoms with Crippen LogP contribution < -0.4 is 15.0 Å². The summed E-state index contributed by atoms with van der Waals surface area (Å²) in [6.07, 6.45) is 0. The molecule has 2 aromatic carbocycles. The smallest absolute Gasteiger partial charge is 0.269 e. The lowest BCUT2D eigenvalue weighted by Gasteiger charge is -2.21. The van der Waals surface area contributed by atoms with E-state index < -0.39 is 5.25 Å². The zero-order chi connectivity index (χ0) is 23.5. The molecular formula is C23H22N4O3S3. The minimum atomic E-state index is -0.572. The summed E-state index contributed by atoms with van der Waals surface area (Å²) in [5, 5.41) is 2.59. The number of carbonyl (C=O) groups is 2. The molecule has 1 unspecified atom stereocenters. The van der Waals surface area contributed by atoms with Gasteiger partial charge in [0.25, 0.3) is 5.91 Å². The maximum atomic E-state index is 12.7. The quantitative estimate of drug-likeness (QED) is 0.584. The van der Waals surface area contributed by atoms with E-state index in [1.54, 1.807) is 4.90 Å². The van der Waals surface area contributed by atoms with Crippen molar-refractivity contribution >= 4 is 74.3 Å². The van der Waals surface area contributed by atoms with Crippen molar-refractivity contribution in [3.8, 4) is 5.75 Å². The third kappa shape index (κ3) is 5.29. The Morgan fingerprint density at radius 2 is 1.97 bits per heavy atom. The minimum Gasteiger partial charge on any atom is -0.494 e. The molecule has 170 valence electrons. The Morgan fingerprint density at radius 3 is 2.70 bits per heavy atom. The van der Waals surface area contributed by atoms with E-state index in [1.807, 2.05) is 63.2 Å². The van der Waals surface area contributed by atoms with Crippen molar-refractivity contribution in [3.63, 3.8) is 0 Å². The lowest BCUT2D eigenvalue weighted by atomic mass is 10.1. The van der Waals surface area contributed by atoms with E-state index in [1.165, 1.54) is 11.8 Å². The van der Waals surface area contributed by atoms with Crippen LogP contribution in [0.15, 0.2) is 52.4 Å². The Kier molecular flexibility index (Phi) is 7.16. The number of nitrogens with zero attached hydrogens (tertiary/aromatic N) is 3. The first-order valence-electron chi connectivity index (χ1n) is 10.3. The number of amidine groups is 2. The summed E-state index contributed by atoms with van der Waals surface area (Å²) in [7, 11) is 0. The topological polar surface area (TPSA) is 83.4 Å². The number of hydrogen-bond donors (Lipinski definition) is 1. The second-order valence-corrected chi connectivity index (χ2v) is 10.1. The molecule has 0 aromatic heterocycles. The van der Waals surface area contributed by atoms with Crippen LogP contribution in [0.4, 0.5) is 11.4 Å². The van der Waals surface area contributed by atoms with E-state index in [4.69, 9.17) is 17.0 Å². The van der Waals surface area contributed by atoms with Crippen LogP contribution in [0.5, 0.6) is 5.75 Å². The van der Waals surface area contributed by atoms with Crippen LogP contribution in [0.2, 0.25) is 0 Å². The van der Waals surface area contributed by atoms with E-state index in [0.29, 0.717) is 16.8 Å². The molecule has 33 heavy (non-hydrogen) atoms. The molecular weight excluding hydrogens is 476 g/mol. The molecule has 2 aliphatic rings. The Labute approximate surface area is 206 Å². The Bertz CT molecular complexity index is 1180. The number of aliphatic imine (C=N–C) groups is 2. The molecule has 10 heteroatoms. The fourth-order valence-corrected chi connectivity index (χ4v) is 5.37. The first-order valence-corrected chi connectivity index (χ1v) is 12.6. The normalized spacial score (nSPS) is 17.4. The Morgan fingerprint density at radius 1 is 1.21 bits per heavy atom. The molecule has 2 aliphatic heterocycles. The number of nitrogens with one attached hydrogen (secondary N) is 1. The predicted molar refractivity (Wildman–Crippen MR) is 141 cm³/mol. The van der Waals surface area contributed by atoms with Gasteiger partial charge in [0.05, 0.1) is 12.4 Å². The first kappa shape index (κ1) is 23.5. The van der Waals surface area contributed by atoms with Gasteiger partial charge in [-0.2, -0.15) is 4.99 Å². The van der Waals surface area contributed by atoms with E-state index in [9.17, 15) is 9.59 Å². The number of benzene rings is 2. The van der Waals surface area contributed by atoms with Crippen LogP contribution in [0.25, 0.3) is 0 Å². The lowest BCUT2D eigenvalue weighted by Crippen LogP contribution is -2.37. The van der Waals surface area contributed by atoms with Gasteiger partial charge in [0, 0.05) is 11.4 Å². The number of thioether (sulfide) groups is 2. The predicted octanol–water partition coefficient (Wildman–Crippen LogP) is 4.58. The van der Waals surface area contributed by atoms with Crippen molar-refractivity contribution in [2.75, 3.05) is 22.6 Å². The van der Waals surface area contributed by atoms with Gasteiger partial charge in [-0.15, -0.1) is 0 Å². The van der Waals surface area contributed by atoms with Gasteiger partial charge in [0.2, 0.25) is 5.91 Å². The molecule has 2 aromatic rings. The number of anilines is 2. The number of aryl methyl sites for hydroxylation is 2. The monoisotopic (exact) mass is 498 g/mol. The van der Waals surface area contributed by atoms with Gasteiger partial charge in [-0.3, -0.25) is 14.5 Å². The molecule has 4 rings (SSSR count). The third-order valence-corrected chi connectivity index (χ3v) is 7.26. The van der Waals surface area contributed by atoms with Crippen LogP contribution in [0.3, 0.4) is 0 Å². The van der Waals surface area contributed by atoms with Gasteiger partial charge in [-0.1, -0.05) is 47.9 Å². The molecule has 1 saturated heterocycles. The molecule has 0 aliphatic carbocycles. The van der Waals surface area contributed by atoms with E-state index in [-0.39, 0.29) is 22.7 Å². The van der Waals surface area contributed by atoms with Gasteiger partial charge in [-0.25, -0.2) is 4.99 Å². The highest BCUT2D eigenvalue weighted by Crippen LogP contribution is 2.36. The Balaban J connectivity index is 1.47. The van der Waals surface area contributed by atoms with E-state index in [2.05, 4.69) is 15.3 Å². The summed E-state index contributed by atoms with van der Waals surface area (Å²) in [6, 6.07) is 13.3. The van der Waals surface area contributed by atoms with Crippen molar-refractivity contribution in [2.24, 2.45) is 9.98 Å². The van der Waals surface area contributed by atoms with Gasteiger partial charge in [-0.05, 0) is 62.2 Å². The molecule has 0 saturated carbocycles. The van der Waals surface area contributed by atoms with Gasteiger partial charge < -0.3 is 10.1 Å². The zero-order valence-electron chi connectivity index (χ0n) is 18.3. The number of ether oxygens (including phenoxy) is 1. The average molecular weight is 499 g/mol. The maximum absolute atomic E-state index is 12.7. The fourth-order valence-electron chi connectivity index (χ4n) is 3.31. The van der Waals surface area contributed by atoms with Crippen molar-refractivity contribution in [1.29, 1.82) is 0 Å². The highest BCUT2D eigenvalue weighted by molar-refractivity contribution is 8.25. The molecule has 1 fully saturated rings. The minimum absolute atomic E-state index is 0.0849. The number of hydrogen-bond acceptors (Lipinski definition) is 7. The highest BCUT2D eigenvalue weighted by Gasteiger charge is 2.43. The number of rotatable bonds is 6. The molecule has 0 bridgehead atoms. The van der Waals surface area contributed by atoms with Crippen LogP contribution in [0.1, 0.15) is 18.1 Å². The van der Waals surface area contributed by atoms with E-state index in [0.717, 1.165) is 40.0 Å². The average Bonchev–Trinajstić information content (AvgIpc) is 3.12. The number of carbonyl (C=O) groups excluding carboxylic acids is 2. The van der Waals surface area contributed by atoms with Gasteiger partial charge in [0.15, 0.2) is 10.4 Å². The second kappa shape index (κ2) is 10.1. The molecule has 1 N–H and O–H groups in total. The molecule has 1 atom stereocenters. The summed E-state index contributed by atoms with van der Waals surface area (Å²) in [5.74, 6) is 0.849. The SMILES string of the molecule is CCOc1ccc(N2C(=S)SC3C(=O)N=C(SCC(=O)Nc4cc(C)ccc4C)N=C32)cc1. The Hall–Kier alpha value is -2.69. The summed E-state index contributed by atoms with van der Waals surface area (Å²) in [4.78, 5) is 35.6. The fraction of sp³-hybridized carbons (Fsp3) is 0.261. The zero-order valence-corrected chi connectivity index (χ0v) is 20.8. The molecule has 0 radical (unpaired) electrons. The molecule has 2 amide bonds. The highest BCUT2D eigenvalue weighted by atomic mass is 32.2. The summed E-state index contributed by atoms with van der Waals surface area (Å²) in [6.45, 7) is 6.41. The third-order valence-electron chi connectivity index (χ3n) is 4.91. The maximum Gasteiger partial charge on any atom is 0.269 e. The largest absolute Gasteiger partial charge is 0.494 e. The van der Waals surface area contributed by atoms with Crippen LogP contribution in [-0.2, 0) is 9.59 Å². The number of amides is 2. The molecule has 0 spiro atoms. The molecule has 2 heterocycles. The lowest BCUT2D eigenvalue weighted by molar-refractivity contribution is -0.116. The van der Waals surface area contributed by atoms with E-state index >= 15 is 0 Å². The van der Waals surface area contributed by atoms with Crippen molar-refractivity contribution < 1.29 is 14.3 Å². The second-order valence-electron chi connectivity index (χ2n) is 7.38. The summed E-state index contributed by atoms with van der Waals surface area (Å²) < 4.78 is 6.03. The number of fused-ring (bicyclic) bond motifs is 1. The molecule has 7 nitrogen and oxygen atoms in total. The van der Waals surface area contributed by atoms with Crippen molar-refractivity contribution in [1.82, 2.24) is 0 Å². The van der Waals surface area contributed by atoms with Crippen LogP contribution >= 0.6 is 35.7 Å². The number of thiocarbonyl (C=S) groups is 1. The standard InChI is InChI=1S/C23H22N4O3S3/c1-4-30-16-9-7-15(8-10-16)27-20-19(33-23(27)31)21(29)26-22(25-20)32-12-18(28)24-17-11-13(2)5-6-14(17)3/h5-11,19H,4,12H2,1-3H3,(H,24,28). The van der Waals surface area contributed by atoms with Gasteiger partial charge >= 0.3 is 0 Å². The first-order chi connectivity index (χ1) is 15.9. The summed E-state index contributed by atoms with van der Waals surface area (Å²) >= 11 is 7.90. The van der Waals surface area contributed by atoms with Crippen molar-refractivity contribution in [2.45, 2.75) is 26.0 Å². The van der Waals surface area contributed by atoms with Crippen LogP contribution in [0, 0.1) is 13.8 Å².